The van der Waals surface area contributed by atoms with Crippen molar-refractivity contribution in [2.45, 2.75) is 32.7 Å². The summed E-state index contributed by atoms with van der Waals surface area (Å²) in [6.07, 6.45) is 2.00. The van der Waals surface area contributed by atoms with Gasteiger partial charge in [-0.25, -0.2) is 4.98 Å². The lowest BCUT2D eigenvalue weighted by Crippen LogP contribution is -2.23. The molecule has 0 amide bonds. The van der Waals surface area contributed by atoms with Gasteiger partial charge in [0, 0.05) is 23.0 Å². The molecule has 86 valence electrons. The highest BCUT2D eigenvalue weighted by molar-refractivity contribution is 7.10. The maximum absolute atomic E-state index is 5.86. The second kappa shape index (κ2) is 3.94. The lowest BCUT2D eigenvalue weighted by atomic mass is 9.91. The molecule has 0 aliphatic rings. The Morgan fingerprint density at radius 3 is 2.75 bits per heavy atom. The predicted octanol–water partition coefficient (Wildman–Crippen LogP) is 2.81. The number of nitrogen functional groups attached to an aromatic ring is 1. The molecule has 0 bridgehead atoms. The first-order valence-corrected chi connectivity index (χ1v) is 6.20. The van der Waals surface area contributed by atoms with Crippen LogP contribution in [0.4, 0.5) is 5.95 Å². The summed E-state index contributed by atoms with van der Waals surface area (Å²) >= 11 is 1.79. The van der Waals surface area contributed by atoms with Crippen LogP contribution >= 0.6 is 11.3 Å². The molecule has 0 aromatic carbocycles. The SMILES string of the molecule is Cc1cn(CC(C)(C)c2cccs2)c(N)n1. The van der Waals surface area contributed by atoms with Gasteiger partial charge >= 0.3 is 0 Å². The van der Waals surface area contributed by atoms with E-state index in [0.29, 0.717) is 5.95 Å². The van der Waals surface area contributed by atoms with Crippen molar-refractivity contribution in [3.8, 4) is 0 Å². The Bertz CT molecular complexity index is 468. The summed E-state index contributed by atoms with van der Waals surface area (Å²) in [5.74, 6) is 0.599. The standard InChI is InChI=1S/C12H17N3S/c1-9-7-15(11(13)14-9)8-12(2,3)10-5-4-6-16-10/h4-7H,8H2,1-3H3,(H2,13,14). The van der Waals surface area contributed by atoms with Crippen LogP contribution in [-0.4, -0.2) is 9.55 Å². The van der Waals surface area contributed by atoms with Crippen LogP contribution in [0.2, 0.25) is 0 Å². The van der Waals surface area contributed by atoms with E-state index >= 15 is 0 Å². The Balaban J connectivity index is 2.24. The van der Waals surface area contributed by atoms with Crippen molar-refractivity contribution in [1.29, 1.82) is 0 Å². The molecule has 0 saturated carbocycles. The lowest BCUT2D eigenvalue weighted by Gasteiger charge is -2.24. The van der Waals surface area contributed by atoms with E-state index in [9.17, 15) is 0 Å². The van der Waals surface area contributed by atoms with Crippen molar-refractivity contribution >= 4 is 17.3 Å². The highest BCUT2D eigenvalue weighted by atomic mass is 32.1. The number of rotatable bonds is 3. The van der Waals surface area contributed by atoms with Crippen LogP contribution in [0.3, 0.4) is 0 Å². The van der Waals surface area contributed by atoms with Crippen LogP contribution in [0, 0.1) is 6.92 Å². The maximum atomic E-state index is 5.86. The smallest absolute Gasteiger partial charge is 0.200 e. The van der Waals surface area contributed by atoms with Gasteiger partial charge in [-0.15, -0.1) is 11.3 Å². The molecule has 4 heteroatoms. The van der Waals surface area contributed by atoms with E-state index in [1.54, 1.807) is 11.3 Å². The van der Waals surface area contributed by atoms with E-state index in [-0.39, 0.29) is 5.41 Å². The molecule has 2 N–H and O–H groups in total. The van der Waals surface area contributed by atoms with Gasteiger partial charge in [0.2, 0.25) is 0 Å². The monoisotopic (exact) mass is 235 g/mol. The molecule has 0 fully saturated rings. The van der Waals surface area contributed by atoms with Crippen molar-refractivity contribution in [3.63, 3.8) is 0 Å². The molecule has 3 nitrogen and oxygen atoms in total. The fourth-order valence-electron chi connectivity index (χ4n) is 1.86. The fraction of sp³-hybridized carbons (Fsp3) is 0.417. The summed E-state index contributed by atoms with van der Waals surface area (Å²) in [7, 11) is 0. The Kier molecular flexibility index (Phi) is 2.76. The zero-order valence-corrected chi connectivity index (χ0v) is 10.7. The molecule has 0 spiro atoms. The third-order valence-corrected chi connectivity index (χ3v) is 3.92. The largest absolute Gasteiger partial charge is 0.369 e. The minimum atomic E-state index is 0.0927. The van der Waals surface area contributed by atoms with E-state index in [1.807, 2.05) is 17.7 Å². The fourth-order valence-corrected chi connectivity index (χ4v) is 2.70. The summed E-state index contributed by atoms with van der Waals surface area (Å²) in [5, 5.41) is 2.11. The number of nitrogens with two attached hydrogens (primary N) is 1. The number of anilines is 1. The highest BCUT2D eigenvalue weighted by Crippen LogP contribution is 2.29. The molecule has 2 heterocycles. The second-order valence-electron chi connectivity index (χ2n) is 4.73. The van der Waals surface area contributed by atoms with Gasteiger partial charge in [-0.2, -0.15) is 0 Å². The van der Waals surface area contributed by atoms with Crippen molar-refractivity contribution in [2.75, 3.05) is 5.73 Å². The summed E-state index contributed by atoms with van der Waals surface area (Å²) in [4.78, 5) is 5.59. The van der Waals surface area contributed by atoms with E-state index in [4.69, 9.17) is 5.73 Å². The second-order valence-corrected chi connectivity index (χ2v) is 5.68. The van der Waals surface area contributed by atoms with Gasteiger partial charge in [-0.1, -0.05) is 19.9 Å². The summed E-state index contributed by atoms with van der Waals surface area (Å²) in [5.41, 5.74) is 6.92. The van der Waals surface area contributed by atoms with E-state index in [1.165, 1.54) is 4.88 Å². The van der Waals surface area contributed by atoms with Crippen LogP contribution < -0.4 is 5.73 Å². The van der Waals surface area contributed by atoms with Gasteiger partial charge < -0.3 is 10.3 Å². The average Bonchev–Trinajstić information content (AvgIpc) is 2.76. The average molecular weight is 235 g/mol. The van der Waals surface area contributed by atoms with E-state index in [2.05, 4.69) is 36.3 Å². The van der Waals surface area contributed by atoms with E-state index in [0.717, 1.165) is 12.2 Å². The lowest BCUT2D eigenvalue weighted by molar-refractivity contribution is 0.446. The first-order chi connectivity index (χ1) is 7.49. The number of thiophene rings is 1. The van der Waals surface area contributed by atoms with E-state index < -0.39 is 0 Å². The molecule has 0 saturated heterocycles. The minimum Gasteiger partial charge on any atom is -0.369 e. The first kappa shape index (κ1) is 11.2. The first-order valence-electron chi connectivity index (χ1n) is 5.32. The molecule has 0 aliphatic carbocycles. The molecule has 0 aliphatic heterocycles. The molecule has 2 aromatic rings. The van der Waals surface area contributed by atoms with Crippen LogP contribution in [0.5, 0.6) is 0 Å². The molecule has 0 atom stereocenters. The molecule has 2 rings (SSSR count). The summed E-state index contributed by atoms with van der Waals surface area (Å²) < 4.78 is 2.02. The van der Waals surface area contributed by atoms with Crippen LogP contribution in [-0.2, 0) is 12.0 Å². The number of aryl methyl sites for hydroxylation is 1. The number of aromatic nitrogens is 2. The predicted molar refractivity (Wildman–Crippen MR) is 68.7 cm³/mol. The van der Waals surface area contributed by atoms with Crippen LogP contribution in [0.1, 0.15) is 24.4 Å². The van der Waals surface area contributed by atoms with Crippen molar-refractivity contribution in [3.05, 3.63) is 34.3 Å². The number of imidazole rings is 1. The summed E-state index contributed by atoms with van der Waals surface area (Å²) in [6.45, 7) is 7.28. The topological polar surface area (TPSA) is 43.8 Å². The Hall–Kier alpha value is -1.29. The van der Waals surface area contributed by atoms with Crippen molar-refractivity contribution < 1.29 is 0 Å². The number of nitrogens with zero attached hydrogens (tertiary/aromatic N) is 2. The van der Waals surface area contributed by atoms with Gasteiger partial charge in [0.05, 0.1) is 5.69 Å². The summed E-state index contributed by atoms with van der Waals surface area (Å²) in [6, 6.07) is 4.26. The van der Waals surface area contributed by atoms with Gasteiger partial charge in [0.1, 0.15) is 0 Å². The minimum absolute atomic E-state index is 0.0927. The Morgan fingerprint density at radius 1 is 1.50 bits per heavy atom. The zero-order chi connectivity index (χ0) is 11.8. The van der Waals surface area contributed by atoms with Gasteiger partial charge in [-0.05, 0) is 18.4 Å². The van der Waals surface area contributed by atoms with Crippen molar-refractivity contribution in [1.82, 2.24) is 9.55 Å². The molecule has 2 aromatic heterocycles. The van der Waals surface area contributed by atoms with Gasteiger partial charge in [0.15, 0.2) is 5.95 Å². The zero-order valence-electron chi connectivity index (χ0n) is 9.90. The molecular formula is C12H17N3S. The molecule has 16 heavy (non-hydrogen) atoms. The quantitative estimate of drug-likeness (QED) is 0.889. The van der Waals surface area contributed by atoms with Gasteiger partial charge in [0.25, 0.3) is 0 Å². The third kappa shape index (κ3) is 2.11. The Morgan fingerprint density at radius 2 is 2.25 bits per heavy atom. The third-order valence-electron chi connectivity index (χ3n) is 2.68. The normalized spacial score (nSPS) is 11.9. The number of hydrogen-bond acceptors (Lipinski definition) is 3. The van der Waals surface area contributed by atoms with Crippen LogP contribution in [0.15, 0.2) is 23.7 Å². The van der Waals surface area contributed by atoms with Crippen LogP contribution in [0.25, 0.3) is 0 Å². The Labute approximate surface area is 99.9 Å². The number of hydrogen-bond donors (Lipinski definition) is 1. The van der Waals surface area contributed by atoms with Crippen molar-refractivity contribution in [2.24, 2.45) is 0 Å². The van der Waals surface area contributed by atoms with Gasteiger partial charge in [-0.3, -0.25) is 0 Å². The highest BCUT2D eigenvalue weighted by Gasteiger charge is 2.23. The molecule has 0 radical (unpaired) electrons. The maximum Gasteiger partial charge on any atom is 0.200 e. The molecular weight excluding hydrogens is 218 g/mol. The molecule has 0 unspecified atom stereocenters.